The molecule has 0 bridgehead atoms. The summed E-state index contributed by atoms with van der Waals surface area (Å²) in [6, 6.07) is 7.60. The highest BCUT2D eigenvalue weighted by atomic mass is 16.2. The predicted octanol–water partition coefficient (Wildman–Crippen LogP) is -0.00880. The first-order valence-corrected chi connectivity index (χ1v) is 8.59. The van der Waals surface area contributed by atoms with Crippen LogP contribution in [0.15, 0.2) is 29.1 Å². The second-order valence-electron chi connectivity index (χ2n) is 6.72. The molecule has 1 fully saturated rings. The van der Waals surface area contributed by atoms with Gasteiger partial charge in [-0.3, -0.25) is 9.59 Å². The molecule has 0 aliphatic carbocycles. The number of nitrogens with zero attached hydrogens (tertiary/aromatic N) is 2. The average molecular weight is 329 g/mol. The summed E-state index contributed by atoms with van der Waals surface area (Å²) in [5.74, 6) is 0.698. The van der Waals surface area contributed by atoms with Crippen LogP contribution in [0, 0.1) is 0 Å². The lowest BCUT2D eigenvalue weighted by Crippen LogP contribution is -3.10. The van der Waals surface area contributed by atoms with E-state index in [-0.39, 0.29) is 11.5 Å². The molecule has 0 radical (unpaired) electrons. The van der Waals surface area contributed by atoms with Gasteiger partial charge in [-0.2, -0.15) is 0 Å². The zero-order valence-electron chi connectivity index (χ0n) is 14.3. The SMILES string of the molecule is CN(C(=O)CCc1nc2ccccc2c(=O)[nH]1)C1CC[NH+](C)CC1. The number of rotatable bonds is 4. The number of carbonyl (C=O) groups excluding carboxylic acids is 1. The Balaban J connectivity index is 1.63. The van der Waals surface area contributed by atoms with Crippen LogP contribution in [0.1, 0.15) is 25.1 Å². The van der Waals surface area contributed by atoms with Gasteiger partial charge in [-0.25, -0.2) is 4.98 Å². The Bertz CT molecular complexity index is 778. The predicted molar refractivity (Wildman–Crippen MR) is 93.1 cm³/mol. The molecule has 0 atom stereocenters. The van der Waals surface area contributed by atoms with E-state index in [9.17, 15) is 9.59 Å². The Labute approximate surface area is 141 Å². The minimum atomic E-state index is -0.144. The molecule has 0 saturated carbocycles. The number of fused-ring (bicyclic) bond motifs is 1. The van der Waals surface area contributed by atoms with Crippen LogP contribution < -0.4 is 10.5 Å². The summed E-state index contributed by atoms with van der Waals surface area (Å²) in [6.07, 6.45) is 2.94. The monoisotopic (exact) mass is 329 g/mol. The number of quaternary nitrogens is 1. The van der Waals surface area contributed by atoms with Gasteiger partial charge in [-0.15, -0.1) is 0 Å². The van der Waals surface area contributed by atoms with E-state index in [1.165, 1.54) is 4.90 Å². The number of amides is 1. The number of aryl methyl sites for hydroxylation is 1. The highest BCUT2D eigenvalue weighted by Crippen LogP contribution is 2.11. The van der Waals surface area contributed by atoms with Crippen LogP contribution >= 0.6 is 0 Å². The summed E-state index contributed by atoms with van der Waals surface area (Å²) >= 11 is 0. The number of hydrogen-bond donors (Lipinski definition) is 2. The summed E-state index contributed by atoms with van der Waals surface area (Å²) in [4.78, 5) is 35.2. The van der Waals surface area contributed by atoms with Crippen molar-refractivity contribution in [3.8, 4) is 0 Å². The third-order valence-electron chi connectivity index (χ3n) is 4.99. The normalized spacial score (nSPS) is 20.9. The molecule has 1 saturated heterocycles. The summed E-state index contributed by atoms with van der Waals surface area (Å²) in [7, 11) is 4.09. The second kappa shape index (κ2) is 7.13. The molecule has 1 amide bonds. The summed E-state index contributed by atoms with van der Waals surface area (Å²) in [5, 5.41) is 0.582. The Morgan fingerprint density at radius 3 is 2.79 bits per heavy atom. The van der Waals surface area contributed by atoms with Crippen LogP contribution in [0.2, 0.25) is 0 Å². The Morgan fingerprint density at radius 2 is 2.04 bits per heavy atom. The quantitative estimate of drug-likeness (QED) is 0.829. The van der Waals surface area contributed by atoms with Crippen molar-refractivity contribution in [1.82, 2.24) is 14.9 Å². The zero-order chi connectivity index (χ0) is 17.1. The first kappa shape index (κ1) is 16.6. The molecule has 6 nitrogen and oxygen atoms in total. The molecule has 0 spiro atoms. The van der Waals surface area contributed by atoms with Crippen molar-refractivity contribution in [2.24, 2.45) is 0 Å². The molecule has 6 heteroatoms. The van der Waals surface area contributed by atoms with Crippen molar-refractivity contribution in [3.05, 3.63) is 40.4 Å². The maximum absolute atomic E-state index is 12.4. The van der Waals surface area contributed by atoms with Crippen LogP contribution in [-0.4, -0.2) is 54.0 Å². The number of nitrogens with one attached hydrogen (secondary N) is 2. The highest BCUT2D eigenvalue weighted by Gasteiger charge is 2.25. The number of likely N-dealkylation sites (tertiary alicyclic amines) is 1. The fourth-order valence-electron chi connectivity index (χ4n) is 3.34. The van der Waals surface area contributed by atoms with Crippen molar-refractivity contribution in [1.29, 1.82) is 0 Å². The number of aromatic amines is 1. The first-order chi connectivity index (χ1) is 11.5. The molecule has 1 aliphatic rings. The van der Waals surface area contributed by atoms with E-state index >= 15 is 0 Å². The molecule has 1 aliphatic heterocycles. The molecular formula is C18H25N4O2+. The number of carbonyl (C=O) groups is 1. The third-order valence-corrected chi connectivity index (χ3v) is 4.99. The minimum Gasteiger partial charge on any atom is -0.342 e. The Kier molecular flexibility index (Phi) is 4.94. The molecule has 0 unspecified atom stereocenters. The summed E-state index contributed by atoms with van der Waals surface area (Å²) in [5.41, 5.74) is 0.532. The van der Waals surface area contributed by atoms with E-state index in [0.29, 0.717) is 35.6 Å². The van der Waals surface area contributed by atoms with Crippen molar-refractivity contribution >= 4 is 16.8 Å². The first-order valence-electron chi connectivity index (χ1n) is 8.59. The van der Waals surface area contributed by atoms with E-state index in [0.717, 1.165) is 25.9 Å². The molecule has 2 N–H and O–H groups in total. The lowest BCUT2D eigenvalue weighted by Gasteiger charge is -2.33. The molecule has 128 valence electrons. The lowest BCUT2D eigenvalue weighted by atomic mass is 10.0. The molecular weight excluding hydrogens is 304 g/mol. The number of hydrogen-bond acceptors (Lipinski definition) is 3. The standard InChI is InChI=1S/C18H24N4O2/c1-21-11-9-13(10-12-21)22(2)17(23)8-7-16-19-15-6-4-3-5-14(15)18(24)20-16/h3-6,13H,7-12H2,1-2H3,(H,19,20,24)/p+1. The number of aromatic nitrogens is 2. The number of benzene rings is 1. The number of piperidine rings is 1. The van der Waals surface area contributed by atoms with Gasteiger partial charge >= 0.3 is 0 Å². The summed E-state index contributed by atoms with van der Waals surface area (Å²) in [6.45, 7) is 2.23. The third kappa shape index (κ3) is 3.64. The van der Waals surface area contributed by atoms with Crippen LogP contribution in [0.25, 0.3) is 10.9 Å². The van der Waals surface area contributed by atoms with Gasteiger partial charge in [0, 0.05) is 38.8 Å². The fourth-order valence-corrected chi connectivity index (χ4v) is 3.34. The smallest absolute Gasteiger partial charge is 0.258 e. The maximum Gasteiger partial charge on any atom is 0.258 e. The van der Waals surface area contributed by atoms with E-state index in [4.69, 9.17) is 0 Å². The van der Waals surface area contributed by atoms with Crippen LogP contribution in [0.5, 0.6) is 0 Å². The van der Waals surface area contributed by atoms with Crippen molar-refractivity contribution in [3.63, 3.8) is 0 Å². The van der Waals surface area contributed by atoms with Gasteiger partial charge in [0.2, 0.25) is 5.91 Å². The maximum atomic E-state index is 12.4. The van der Waals surface area contributed by atoms with Gasteiger partial charge in [-0.1, -0.05) is 12.1 Å². The highest BCUT2D eigenvalue weighted by molar-refractivity contribution is 5.78. The zero-order valence-corrected chi connectivity index (χ0v) is 14.3. The van der Waals surface area contributed by atoms with Crippen LogP contribution in [0.3, 0.4) is 0 Å². The van der Waals surface area contributed by atoms with Crippen molar-refractivity contribution in [2.45, 2.75) is 31.7 Å². The van der Waals surface area contributed by atoms with E-state index in [1.54, 1.807) is 6.07 Å². The van der Waals surface area contributed by atoms with E-state index in [1.807, 2.05) is 30.1 Å². The van der Waals surface area contributed by atoms with E-state index in [2.05, 4.69) is 17.0 Å². The Morgan fingerprint density at radius 1 is 1.33 bits per heavy atom. The minimum absolute atomic E-state index is 0.121. The molecule has 2 aromatic rings. The van der Waals surface area contributed by atoms with Crippen molar-refractivity contribution in [2.75, 3.05) is 27.2 Å². The molecule has 2 heterocycles. The van der Waals surface area contributed by atoms with Crippen molar-refractivity contribution < 1.29 is 9.69 Å². The van der Waals surface area contributed by atoms with Gasteiger partial charge in [-0.05, 0) is 12.1 Å². The Hall–Kier alpha value is -2.21. The van der Waals surface area contributed by atoms with Crippen LogP contribution in [0.4, 0.5) is 0 Å². The van der Waals surface area contributed by atoms with Gasteiger partial charge in [0.1, 0.15) is 5.82 Å². The largest absolute Gasteiger partial charge is 0.342 e. The van der Waals surface area contributed by atoms with Gasteiger partial charge < -0.3 is 14.8 Å². The molecule has 1 aromatic carbocycles. The molecule has 1 aromatic heterocycles. The lowest BCUT2D eigenvalue weighted by molar-refractivity contribution is -0.885. The molecule has 24 heavy (non-hydrogen) atoms. The number of para-hydroxylation sites is 1. The van der Waals surface area contributed by atoms with Gasteiger partial charge in [0.05, 0.1) is 31.0 Å². The van der Waals surface area contributed by atoms with Gasteiger partial charge in [0.15, 0.2) is 0 Å². The summed E-state index contributed by atoms with van der Waals surface area (Å²) < 4.78 is 0. The van der Waals surface area contributed by atoms with Gasteiger partial charge in [0.25, 0.3) is 5.56 Å². The average Bonchev–Trinajstić information content (AvgIpc) is 2.60. The van der Waals surface area contributed by atoms with Crippen LogP contribution in [-0.2, 0) is 11.2 Å². The fraction of sp³-hybridized carbons (Fsp3) is 0.500. The topological polar surface area (TPSA) is 70.5 Å². The second-order valence-corrected chi connectivity index (χ2v) is 6.72. The molecule has 3 rings (SSSR count). The number of H-pyrrole nitrogens is 1. The van der Waals surface area contributed by atoms with E-state index < -0.39 is 0 Å².